The Bertz CT molecular complexity index is 463. The van der Waals surface area contributed by atoms with Crippen LogP contribution in [0.4, 0.5) is 5.69 Å². The van der Waals surface area contributed by atoms with E-state index >= 15 is 0 Å². The molecule has 0 bridgehead atoms. The number of hydrogen-bond donors (Lipinski definition) is 2. The zero-order valence-electron chi connectivity index (χ0n) is 10.7. The summed E-state index contributed by atoms with van der Waals surface area (Å²) in [5.41, 5.74) is 6.45. The normalized spacial score (nSPS) is 13.7. The average molecular weight is 270 g/mol. The highest BCUT2D eigenvalue weighted by molar-refractivity contribution is 7.84. The second kappa shape index (κ2) is 6.39. The molecule has 0 saturated carbocycles. The van der Waals surface area contributed by atoms with Crippen molar-refractivity contribution in [1.82, 2.24) is 5.32 Å². The predicted octanol–water partition coefficient (Wildman–Crippen LogP) is 0.774. The molecule has 0 spiro atoms. The summed E-state index contributed by atoms with van der Waals surface area (Å²) in [6.45, 7) is 1.80. The highest BCUT2D eigenvalue weighted by atomic mass is 32.2. The second-order valence-corrected chi connectivity index (χ2v) is 5.52. The van der Waals surface area contributed by atoms with Crippen LogP contribution >= 0.6 is 0 Å². The fourth-order valence-corrected chi connectivity index (χ4v) is 2.44. The summed E-state index contributed by atoms with van der Waals surface area (Å²) in [6, 6.07) is 4.84. The number of nitrogens with one attached hydrogen (secondary N) is 1. The maximum atomic E-state index is 12.1. The number of ether oxygens (including phenoxy) is 1. The number of nitrogen functional groups attached to an aromatic ring is 1. The Morgan fingerprint density at radius 1 is 1.56 bits per heavy atom. The lowest BCUT2D eigenvalue weighted by molar-refractivity contribution is 0.0941. The number of nitrogens with two attached hydrogens (primary N) is 1. The Labute approximate surface area is 109 Å². The zero-order chi connectivity index (χ0) is 13.7. The standard InChI is InChI=1S/C12H18N2O3S/c1-8(7-18(3)16)14-12(15)11-9(13)5-4-6-10(11)17-2/h4-6,8H,7,13H2,1-3H3,(H,14,15). The van der Waals surface area contributed by atoms with Gasteiger partial charge in [-0.05, 0) is 19.1 Å². The van der Waals surface area contributed by atoms with Gasteiger partial charge in [0.25, 0.3) is 5.91 Å². The van der Waals surface area contributed by atoms with E-state index < -0.39 is 10.8 Å². The highest BCUT2D eigenvalue weighted by Crippen LogP contribution is 2.23. The molecule has 5 nitrogen and oxygen atoms in total. The van der Waals surface area contributed by atoms with Crippen LogP contribution < -0.4 is 15.8 Å². The van der Waals surface area contributed by atoms with Crippen LogP contribution in [0, 0.1) is 0 Å². The van der Waals surface area contributed by atoms with Crippen LogP contribution in [-0.4, -0.2) is 35.3 Å². The maximum Gasteiger partial charge on any atom is 0.257 e. The molecule has 2 unspecified atom stereocenters. The minimum Gasteiger partial charge on any atom is -0.496 e. The molecule has 0 aliphatic carbocycles. The quantitative estimate of drug-likeness (QED) is 0.775. The van der Waals surface area contributed by atoms with E-state index in [2.05, 4.69) is 5.32 Å². The van der Waals surface area contributed by atoms with Gasteiger partial charge in [-0.15, -0.1) is 0 Å². The number of rotatable bonds is 5. The molecule has 1 rings (SSSR count). The Morgan fingerprint density at radius 2 is 2.22 bits per heavy atom. The van der Waals surface area contributed by atoms with Crippen LogP contribution in [-0.2, 0) is 10.8 Å². The van der Waals surface area contributed by atoms with Crippen LogP contribution in [0.15, 0.2) is 18.2 Å². The molecule has 0 heterocycles. The number of anilines is 1. The van der Waals surface area contributed by atoms with E-state index in [1.165, 1.54) is 7.11 Å². The Kier molecular flexibility index (Phi) is 5.15. The van der Waals surface area contributed by atoms with Gasteiger partial charge in [0, 0.05) is 34.5 Å². The van der Waals surface area contributed by atoms with Gasteiger partial charge in [0.1, 0.15) is 11.3 Å². The molecular weight excluding hydrogens is 252 g/mol. The third kappa shape index (κ3) is 3.73. The number of amides is 1. The molecule has 1 amide bonds. The van der Waals surface area contributed by atoms with Gasteiger partial charge < -0.3 is 15.8 Å². The summed E-state index contributed by atoms with van der Waals surface area (Å²) in [5, 5.41) is 2.75. The molecule has 100 valence electrons. The molecular formula is C12H18N2O3S. The molecule has 6 heteroatoms. The molecule has 0 aliphatic heterocycles. The van der Waals surface area contributed by atoms with Crippen molar-refractivity contribution in [3.05, 3.63) is 23.8 Å². The highest BCUT2D eigenvalue weighted by Gasteiger charge is 2.17. The fraction of sp³-hybridized carbons (Fsp3) is 0.417. The summed E-state index contributed by atoms with van der Waals surface area (Å²) in [5.74, 6) is 0.515. The van der Waals surface area contributed by atoms with E-state index in [0.29, 0.717) is 22.8 Å². The zero-order valence-corrected chi connectivity index (χ0v) is 11.5. The van der Waals surface area contributed by atoms with E-state index in [-0.39, 0.29) is 11.9 Å². The van der Waals surface area contributed by atoms with Crippen LogP contribution in [0.25, 0.3) is 0 Å². The van der Waals surface area contributed by atoms with E-state index in [4.69, 9.17) is 10.5 Å². The maximum absolute atomic E-state index is 12.1. The first-order valence-corrected chi connectivity index (χ1v) is 7.21. The molecule has 0 aromatic heterocycles. The minimum atomic E-state index is -0.958. The average Bonchev–Trinajstić information content (AvgIpc) is 2.26. The van der Waals surface area contributed by atoms with Crippen molar-refractivity contribution < 1.29 is 13.7 Å². The van der Waals surface area contributed by atoms with Gasteiger partial charge in [-0.2, -0.15) is 0 Å². The van der Waals surface area contributed by atoms with Crippen molar-refractivity contribution in [1.29, 1.82) is 0 Å². The Balaban J connectivity index is 2.87. The first-order chi connectivity index (χ1) is 8.45. The van der Waals surface area contributed by atoms with Gasteiger partial charge in [0.15, 0.2) is 0 Å². The number of hydrogen-bond acceptors (Lipinski definition) is 4. The Hall–Kier alpha value is -1.56. The molecule has 1 aromatic carbocycles. The number of carbonyl (C=O) groups is 1. The molecule has 3 N–H and O–H groups in total. The van der Waals surface area contributed by atoms with Crippen molar-refractivity contribution in [3.8, 4) is 5.75 Å². The van der Waals surface area contributed by atoms with Gasteiger partial charge in [-0.1, -0.05) is 6.07 Å². The van der Waals surface area contributed by atoms with Crippen molar-refractivity contribution in [3.63, 3.8) is 0 Å². The van der Waals surface area contributed by atoms with Crippen molar-refractivity contribution in [2.45, 2.75) is 13.0 Å². The SMILES string of the molecule is COc1cccc(N)c1C(=O)NC(C)CS(C)=O. The molecule has 1 aromatic rings. The third-order valence-corrected chi connectivity index (χ3v) is 3.34. The summed E-state index contributed by atoms with van der Waals surface area (Å²) < 4.78 is 16.2. The lowest BCUT2D eigenvalue weighted by Gasteiger charge is -2.15. The summed E-state index contributed by atoms with van der Waals surface area (Å²) in [6.07, 6.45) is 1.60. The fourth-order valence-electron chi connectivity index (χ4n) is 1.65. The van der Waals surface area contributed by atoms with Gasteiger partial charge in [0.05, 0.1) is 7.11 Å². The molecule has 0 radical (unpaired) electrons. The summed E-state index contributed by atoms with van der Waals surface area (Å²) in [7, 11) is 0.524. The first-order valence-electron chi connectivity index (χ1n) is 5.49. The second-order valence-electron chi connectivity index (χ2n) is 4.04. The lowest BCUT2D eigenvalue weighted by Crippen LogP contribution is -2.36. The third-order valence-electron chi connectivity index (χ3n) is 2.37. The van der Waals surface area contributed by atoms with E-state index in [9.17, 15) is 9.00 Å². The van der Waals surface area contributed by atoms with Gasteiger partial charge in [-0.3, -0.25) is 9.00 Å². The van der Waals surface area contributed by atoms with Gasteiger partial charge >= 0.3 is 0 Å². The molecule has 0 fully saturated rings. The van der Waals surface area contributed by atoms with E-state index in [0.717, 1.165) is 0 Å². The molecule has 0 saturated heterocycles. The van der Waals surface area contributed by atoms with Crippen LogP contribution in [0.3, 0.4) is 0 Å². The van der Waals surface area contributed by atoms with Crippen molar-refractivity contribution in [2.75, 3.05) is 24.9 Å². The van der Waals surface area contributed by atoms with Gasteiger partial charge in [0.2, 0.25) is 0 Å². The van der Waals surface area contributed by atoms with Crippen LogP contribution in [0.2, 0.25) is 0 Å². The van der Waals surface area contributed by atoms with Crippen LogP contribution in [0.1, 0.15) is 17.3 Å². The van der Waals surface area contributed by atoms with Crippen LogP contribution in [0.5, 0.6) is 5.75 Å². The molecule has 18 heavy (non-hydrogen) atoms. The smallest absolute Gasteiger partial charge is 0.257 e. The predicted molar refractivity (Wildman–Crippen MR) is 73.3 cm³/mol. The lowest BCUT2D eigenvalue weighted by atomic mass is 10.1. The number of methoxy groups -OCH3 is 1. The molecule has 2 atom stereocenters. The number of benzene rings is 1. The first kappa shape index (κ1) is 14.5. The van der Waals surface area contributed by atoms with Crippen molar-refractivity contribution in [2.24, 2.45) is 0 Å². The topological polar surface area (TPSA) is 81.4 Å². The van der Waals surface area contributed by atoms with Crippen molar-refractivity contribution >= 4 is 22.4 Å². The Morgan fingerprint density at radius 3 is 2.78 bits per heavy atom. The number of carbonyl (C=O) groups excluding carboxylic acids is 1. The summed E-state index contributed by atoms with van der Waals surface area (Å²) in [4.78, 5) is 12.1. The van der Waals surface area contributed by atoms with E-state index in [1.807, 2.05) is 0 Å². The molecule has 0 aliphatic rings. The van der Waals surface area contributed by atoms with Gasteiger partial charge in [-0.25, -0.2) is 0 Å². The minimum absolute atomic E-state index is 0.187. The van der Waals surface area contributed by atoms with E-state index in [1.54, 1.807) is 31.4 Å². The largest absolute Gasteiger partial charge is 0.496 e. The summed E-state index contributed by atoms with van der Waals surface area (Å²) >= 11 is 0. The monoisotopic (exact) mass is 270 g/mol.